The molecule has 2 aromatic rings. The molecule has 0 saturated carbocycles. The summed E-state index contributed by atoms with van der Waals surface area (Å²) in [7, 11) is 7.28. The SMILES string of the molecule is [B]c1ccc(OC)c(-c2cccc([N+](=O)[O-])c2)c1. The van der Waals surface area contributed by atoms with E-state index in [-0.39, 0.29) is 5.69 Å². The van der Waals surface area contributed by atoms with Gasteiger partial charge >= 0.3 is 0 Å². The third-order valence-electron chi connectivity index (χ3n) is 2.59. The quantitative estimate of drug-likeness (QED) is 0.468. The van der Waals surface area contributed by atoms with Crippen LogP contribution in [0.3, 0.4) is 0 Å². The Morgan fingerprint density at radius 2 is 2.00 bits per heavy atom. The van der Waals surface area contributed by atoms with Gasteiger partial charge in [0.05, 0.1) is 12.0 Å². The number of nitro benzene ring substituents is 1. The Hall–Kier alpha value is -2.30. The number of hydrogen-bond donors (Lipinski definition) is 0. The van der Waals surface area contributed by atoms with Crippen molar-refractivity contribution in [3.05, 3.63) is 52.6 Å². The molecule has 88 valence electrons. The smallest absolute Gasteiger partial charge is 0.270 e. The van der Waals surface area contributed by atoms with E-state index in [1.165, 1.54) is 12.1 Å². The van der Waals surface area contributed by atoms with Crippen LogP contribution in [0.4, 0.5) is 5.69 Å². The van der Waals surface area contributed by atoms with Crippen LogP contribution < -0.4 is 10.2 Å². The van der Waals surface area contributed by atoms with E-state index < -0.39 is 4.92 Å². The van der Waals surface area contributed by atoms with Crippen molar-refractivity contribution in [2.24, 2.45) is 0 Å². The zero-order valence-corrected chi connectivity index (χ0v) is 9.79. The molecule has 0 unspecified atom stereocenters. The van der Waals surface area contributed by atoms with E-state index in [2.05, 4.69) is 0 Å². The first-order valence-corrected chi connectivity index (χ1v) is 5.30. The molecule has 0 aliphatic heterocycles. The third kappa shape index (κ3) is 2.35. The molecule has 4 nitrogen and oxygen atoms in total. The van der Waals surface area contributed by atoms with Crippen molar-refractivity contribution in [3.8, 4) is 16.9 Å². The first-order chi connectivity index (χ1) is 8.61. The molecule has 18 heavy (non-hydrogen) atoms. The minimum atomic E-state index is -0.428. The average Bonchev–Trinajstić information content (AvgIpc) is 2.39. The van der Waals surface area contributed by atoms with Gasteiger partial charge in [-0.1, -0.05) is 29.7 Å². The van der Waals surface area contributed by atoms with E-state index in [0.717, 1.165) is 5.56 Å². The van der Waals surface area contributed by atoms with Gasteiger partial charge in [0.25, 0.3) is 5.69 Å². The van der Waals surface area contributed by atoms with Gasteiger partial charge in [0.2, 0.25) is 0 Å². The molecule has 0 amide bonds. The van der Waals surface area contributed by atoms with Crippen molar-refractivity contribution >= 4 is 19.0 Å². The van der Waals surface area contributed by atoms with Crippen LogP contribution in [0.15, 0.2) is 42.5 Å². The summed E-state index contributed by atoms with van der Waals surface area (Å²) < 4.78 is 5.23. The van der Waals surface area contributed by atoms with E-state index in [1.807, 2.05) is 0 Å². The molecule has 0 aliphatic rings. The fourth-order valence-corrected chi connectivity index (χ4v) is 1.74. The van der Waals surface area contributed by atoms with Gasteiger partial charge in [0.1, 0.15) is 13.6 Å². The molecule has 0 fully saturated rings. The van der Waals surface area contributed by atoms with E-state index >= 15 is 0 Å². The maximum absolute atomic E-state index is 10.8. The van der Waals surface area contributed by atoms with E-state index in [0.29, 0.717) is 16.8 Å². The summed E-state index contributed by atoms with van der Waals surface area (Å²) in [6.45, 7) is 0. The van der Waals surface area contributed by atoms with Gasteiger partial charge in [0, 0.05) is 17.7 Å². The topological polar surface area (TPSA) is 52.4 Å². The fraction of sp³-hybridized carbons (Fsp3) is 0.0769. The van der Waals surface area contributed by atoms with E-state index in [1.54, 1.807) is 37.4 Å². The van der Waals surface area contributed by atoms with Crippen LogP contribution in [0.25, 0.3) is 11.1 Å². The lowest BCUT2D eigenvalue weighted by molar-refractivity contribution is -0.384. The summed E-state index contributed by atoms with van der Waals surface area (Å²) in [5.74, 6) is 0.629. The molecule has 0 N–H and O–H groups in total. The van der Waals surface area contributed by atoms with Crippen LogP contribution in [0.1, 0.15) is 0 Å². The molecule has 0 bridgehead atoms. The summed E-state index contributed by atoms with van der Waals surface area (Å²) in [5.41, 5.74) is 2.06. The standard InChI is InChI=1S/C13H10BNO3/c1-18-13-6-5-10(14)8-12(13)9-3-2-4-11(7-9)15(16)17/h2-8H,1H3. The first-order valence-electron chi connectivity index (χ1n) is 5.30. The van der Waals surface area contributed by atoms with Crippen LogP contribution in [0.5, 0.6) is 5.75 Å². The maximum atomic E-state index is 10.8. The van der Waals surface area contributed by atoms with Crippen molar-refractivity contribution in [2.45, 2.75) is 0 Å². The lowest BCUT2D eigenvalue weighted by Crippen LogP contribution is -2.02. The summed E-state index contributed by atoms with van der Waals surface area (Å²) in [4.78, 5) is 10.3. The summed E-state index contributed by atoms with van der Waals surface area (Å²) in [5, 5.41) is 10.8. The Labute approximate surface area is 106 Å². The molecular formula is C13H10BNO3. The third-order valence-corrected chi connectivity index (χ3v) is 2.59. The highest BCUT2D eigenvalue weighted by atomic mass is 16.6. The molecule has 0 heterocycles. The van der Waals surface area contributed by atoms with Crippen molar-refractivity contribution in [1.29, 1.82) is 0 Å². The molecule has 2 rings (SSSR count). The Morgan fingerprint density at radius 3 is 2.67 bits per heavy atom. The van der Waals surface area contributed by atoms with Gasteiger partial charge in [-0.05, 0) is 11.6 Å². The molecule has 0 saturated heterocycles. The fourth-order valence-electron chi connectivity index (χ4n) is 1.74. The maximum Gasteiger partial charge on any atom is 0.270 e. The Balaban J connectivity index is 2.57. The molecule has 0 aromatic heterocycles. The highest BCUT2D eigenvalue weighted by Gasteiger charge is 2.10. The lowest BCUT2D eigenvalue weighted by Gasteiger charge is -2.09. The van der Waals surface area contributed by atoms with Gasteiger partial charge in [0.15, 0.2) is 0 Å². The van der Waals surface area contributed by atoms with Crippen LogP contribution in [0, 0.1) is 10.1 Å². The largest absolute Gasteiger partial charge is 0.496 e. The van der Waals surface area contributed by atoms with Gasteiger partial charge in [-0.25, -0.2) is 0 Å². The highest BCUT2D eigenvalue weighted by molar-refractivity contribution is 6.32. The molecule has 5 heteroatoms. The molecule has 0 spiro atoms. The van der Waals surface area contributed by atoms with Gasteiger partial charge in [-0.2, -0.15) is 0 Å². The predicted octanol–water partition coefficient (Wildman–Crippen LogP) is 2.06. The zero-order valence-electron chi connectivity index (χ0n) is 9.79. The summed E-state index contributed by atoms with van der Waals surface area (Å²) >= 11 is 0. The van der Waals surface area contributed by atoms with Gasteiger partial charge < -0.3 is 4.74 Å². The second-order valence-corrected chi connectivity index (χ2v) is 3.77. The minimum Gasteiger partial charge on any atom is -0.496 e. The highest BCUT2D eigenvalue weighted by Crippen LogP contribution is 2.30. The molecular weight excluding hydrogens is 229 g/mol. The number of methoxy groups -OCH3 is 1. The number of nitro groups is 1. The normalized spacial score (nSPS) is 10.1. The molecule has 0 aliphatic carbocycles. The van der Waals surface area contributed by atoms with Crippen molar-refractivity contribution in [1.82, 2.24) is 0 Å². The van der Waals surface area contributed by atoms with E-state index in [9.17, 15) is 10.1 Å². The van der Waals surface area contributed by atoms with Crippen LogP contribution >= 0.6 is 0 Å². The number of hydrogen-bond acceptors (Lipinski definition) is 3. The van der Waals surface area contributed by atoms with Gasteiger partial charge in [-0.3, -0.25) is 10.1 Å². The second kappa shape index (κ2) is 4.92. The van der Waals surface area contributed by atoms with Crippen molar-refractivity contribution < 1.29 is 9.66 Å². The summed E-state index contributed by atoms with van der Waals surface area (Å²) in [6, 6.07) is 11.6. The Bertz CT molecular complexity index is 599. The van der Waals surface area contributed by atoms with Crippen LogP contribution in [-0.2, 0) is 0 Å². The molecule has 2 aromatic carbocycles. The van der Waals surface area contributed by atoms with Crippen molar-refractivity contribution in [2.75, 3.05) is 7.11 Å². The average molecular weight is 239 g/mol. The number of nitrogens with zero attached hydrogens (tertiary/aromatic N) is 1. The van der Waals surface area contributed by atoms with Crippen LogP contribution in [-0.4, -0.2) is 19.9 Å². The molecule has 0 atom stereocenters. The summed E-state index contributed by atoms with van der Waals surface area (Å²) in [6.07, 6.45) is 0. The Kier molecular flexibility index (Phi) is 3.32. The number of benzene rings is 2. The monoisotopic (exact) mass is 239 g/mol. The molecule has 2 radical (unpaired) electrons. The number of rotatable bonds is 3. The predicted molar refractivity (Wildman–Crippen MR) is 70.5 cm³/mol. The lowest BCUT2D eigenvalue weighted by atomic mass is 9.91. The second-order valence-electron chi connectivity index (χ2n) is 3.77. The van der Waals surface area contributed by atoms with Crippen molar-refractivity contribution in [3.63, 3.8) is 0 Å². The van der Waals surface area contributed by atoms with Gasteiger partial charge in [-0.15, -0.1) is 0 Å². The van der Waals surface area contributed by atoms with Crippen LogP contribution in [0.2, 0.25) is 0 Å². The zero-order chi connectivity index (χ0) is 13.1. The minimum absolute atomic E-state index is 0.0389. The number of ether oxygens (including phenoxy) is 1. The first kappa shape index (κ1) is 12.2. The Morgan fingerprint density at radius 1 is 1.22 bits per heavy atom. The van der Waals surface area contributed by atoms with E-state index in [4.69, 9.17) is 12.6 Å². The number of non-ortho nitro benzene ring substituents is 1.